The average Bonchev–Trinajstić information content (AvgIpc) is 2.61. The third-order valence-corrected chi connectivity index (χ3v) is 5.37. The molecule has 2 rings (SSSR count). The summed E-state index contributed by atoms with van der Waals surface area (Å²) in [7, 11) is 1.98. The lowest BCUT2D eigenvalue weighted by Crippen LogP contribution is -2.42. The van der Waals surface area contributed by atoms with Crippen molar-refractivity contribution in [2.45, 2.75) is 70.8 Å². The molecule has 20 heavy (non-hydrogen) atoms. The molecule has 1 aromatic heterocycles. The topological polar surface area (TPSA) is 43.8 Å². The van der Waals surface area contributed by atoms with Crippen molar-refractivity contribution in [1.82, 2.24) is 9.78 Å². The Morgan fingerprint density at radius 2 is 2.10 bits per heavy atom. The molecule has 2 unspecified atom stereocenters. The van der Waals surface area contributed by atoms with Crippen LogP contribution in [0.25, 0.3) is 0 Å². The Balaban J connectivity index is 2.14. The highest BCUT2D eigenvalue weighted by atomic mass is 35.5. The lowest BCUT2D eigenvalue weighted by molar-refractivity contribution is 0.351. The maximum absolute atomic E-state index is 6.70. The van der Waals surface area contributed by atoms with E-state index in [9.17, 15) is 0 Å². The molecule has 1 saturated carbocycles. The summed E-state index contributed by atoms with van der Waals surface area (Å²) in [6.45, 7) is 4.38. The van der Waals surface area contributed by atoms with Gasteiger partial charge in [-0.3, -0.25) is 4.68 Å². The van der Waals surface area contributed by atoms with Crippen LogP contribution in [0.15, 0.2) is 0 Å². The quantitative estimate of drug-likeness (QED) is 0.858. The molecule has 1 fully saturated rings. The smallest absolute Gasteiger partial charge is 0.0850 e. The summed E-state index contributed by atoms with van der Waals surface area (Å²) in [5.74, 6) is 0.855. The molecular formula is C16H28ClN3. The fourth-order valence-corrected chi connectivity index (χ4v) is 3.79. The van der Waals surface area contributed by atoms with E-state index in [0.29, 0.717) is 0 Å². The number of nitrogens with two attached hydrogens (primary N) is 1. The van der Waals surface area contributed by atoms with Crippen LogP contribution in [0.5, 0.6) is 0 Å². The van der Waals surface area contributed by atoms with Gasteiger partial charge in [-0.1, -0.05) is 44.7 Å². The molecule has 0 radical (unpaired) electrons. The van der Waals surface area contributed by atoms with E-state index < -0.39 is 0 Å². The molecule has 0 spiro atoms. The Labute approximate surface area is 127 Å². The minimum absolute atomic E-state index is 0.105. The zero-order valence-corrected chi connectivity index (χ0v) is 13.8. The van der Waals surface area contributed by atoms with Gasteiger partial charge in [-0.05, 0) is 31.6 Å². The highest BCUT2D eigenvalue weighted by molar-refractivity contribution is 6.31. The summed E-state index contributed by atoms with van der Waals surface area (Å²) in [5.41, 5.74) is 8.70. The van der Waals surface area contributed by atoms with Crippen molar-refractivity contribution in [3.05, 3.63) is 16.4 Å². The SMILES string of the molecule is CCc1nn(C)c(CC2(N)CCCC(CC)CC2)c1Cl. The van der Waals surface area contributed by atoms with Crippen LogP contribution in [0, 0.1) is 5.92 Å². The van der Waals surface area contributed by atoms with Crippen LogP contribution in [-0.2, 0) is 19.9 Å². The molecule has 0 amide bonds. The van der Waals surface area contributed by atoms with Crippen molar-refractivity contribution in [2.75, 3.05) is 0 Å². The summed E-state index contributed by atoms with van der Waals surface area (Å²) >= 11 is 6.47. The van der Waals surface area contributed by atoms with Crippen molar-refractivity contribution in [3.8, 4) is 0 Å². The van der Waals surface area contributed by atoms with Gasteiger partial charge >= 0.3 is 0 Å². The van der Waals surface area contributed by atoms with Gasteiger partial charge in [0.05, 0.1) is 16.4 Å². The zero-order chi connectivity index (χ0) is 14.8. The second-order valence-corrected chi connectivity index (χ2v) is 6.81. The molecule has 1 aliphatic carbocycles. The molecule has 1 aromatic rings. The highest BCUT2D eigenvalue weighted by Gasteiger charge is 2.31. The maximum Gasteiger partial charge on any atom is 0.0850 e. The lowest BCUT2D eigenvalue weighted by atomic mass is 9.86. The molecule has 2 N–H and O–H groups in total. The monoisotopic (exact) mass is 297 g/mol. The standard InChI is InChI=1S/C16H28ClN3/c1-4-12-7-6-9-16(18,10-8-12)11-14-15(17)13(5-2)19-20(14)3/h12H,4-11,18H2,1-3H3. The minimum Gasteiger partial charge on any atom is -0.325 e. The molecule has 4 heteroatoms. The molecule has 0 aliphatic heterocycles. The van der Waals surface area contributed by atoms with E-state index in [1.54, 1.807) is 0 Å². The molecule has 1 heterocycles. The predicted molar refractivity (Wildman–Crippen MR) is 85.1 cm³/mol. The zero-order valence-electron chi connectivity index (χ0n) is 13.1. The second-order valence-electron chi connectivity index (χ2n) is 6.43. The van der Waals surface area contributed by atoms with Gasteiger partial charge in [-0.2, -0.15) is 5.10 Å². The van der Waals surface area contributed by atoms with E-state index >= 15 is 0 Å². The minimum atomic E-state index is -0.105. The fourth-order valence-electron chi connectivity index (χ4n) is 3.43. The number of hydrogen-bond donors (Lipinski definition) is 1. The van der Waals surface area contributed by atoms with Crippen LogP contribution in [0.1, 0.15) is 63.8 Å². The Hall–Kier alpha value is -0.540. The van der Waals surface area contributed by atoms with Crippen molar-refractivity contribution >= 4 is 11.6 Å². The molecular weight excluding hydrogens is 270 g/mol. The first-order valence-corrected chi connectivity index (χ1v) is 8.36. The summed E-state index contributed by atoms with van der Waals surface area (Å²) in [6, 6.07) is 0. The van der Waals surface area contributed by atoms with Crippen LogP contribution < -0.4 is 5.73 Å². The van der Waals surface area contributed by atoms with Gasteiger partial charge in [-0.15, -0.1) is 0 Å². The first kappa shape index (κ1) is 15.8. The summed E-state index contributed by atoms with van der Waals surface area (Å²) in [5, 5.41) is 5.34. The van der Waals surface area contributed by atoms with E-state index in [-0.39, 0.29) is 5.54 Å². The largest absolute Gasteiger partial charge is 0.325 e. The van der Waals surface area contributed by atoms with Gasteiger partial charge in [0, 0.05) is 19.0 Å². The van der Waals surface area contributed by atoms with Gasteiger partial charge in [0.25, 0.3) is 0 Å². The Bertz CT molecular complexity index is 455. The third-order valence-electron chi connectivity index (χ3n) is 4.94. The summed E-state index contributed by atoms with van der Waals surface area (Å²) in [6.07, 6.45) is 9.04. The molecule has 3 nitrogen and oxygen atoms in total. The van der Waals surface area contributed by atoms with Crippen molar-refractivity contribution in [1.29, 1.82) is 0 Å². The van der Waals surface area contributed by atoms with Crippen LogP contribution in [0.2, 0.25) is 5.02 Å². The Morgan fingerprint density at radius 3 is 2.70 bits per heavy atom. The molecule has 0 aromatic carbocycles. The van der Waals surface area contributed by atoms with Gasteiger partial charge in [-0.25, -0.2) is 0 Å². The molecule has 114 valence electrons. The van der Waals surface area contributed by atoms with E-state index in [0.717, 1.165) is 48.0 Å². The van der Waals surface area contributed by atoms with E-state index in [1.165, 1.54) is 25.7 Å². The van der Waals surface area contributed by atoms with Crippen molar-refractivity contribution in [2.24, 2.45) is 18.7 Å². The molecule has 1 aliphatic rings. The van der Waals surface area contributed by atoms with Crippen LogP contribution in [0.3, 0.4) is 0 Å². The maximum atomic E-state index is 6.70. The average molecular weight is 298 g/mol. The Kier molecular flexibility index (Phi) is 5.14. The Morgan fingerprint density at radius 1 is 1.35 bits per heavy atom. The highest BCUT2D eigenvalue weighted by Crippen LogP contribution is 2.34. The van der Waals surface area contributed by atoms with Crippen molar-refractivity contribution < 1.29 is 0 Å². The van der Waals surface area contributed by atoms with Gasteiger partial charge < -0.3 is 5.73 Å². The molecule has 0 bridgehead atoms. The lowest BCUT2D eigenvalue weighted by Gasteiger charge is -2.28. The summed E-state index contributed by atoms with van der Waals surface area (Å²) in [4.78, 5) is 0. The van der Waals surface area contributed by atoms with Gasteiger partial charge in [0.15, 0.2) is 0 Å². The first-order valence-electron chi connectivity index (χ1n) is 7.98. The molecule has 2 atom stereocenters. The van der Waals surface area contributed by atoms with Crippen LogP contribution in [0.4, 0.5) is 0 Å². The second kappa shape index (κ2) is 6.48. The normalized spacial score (nSPS) is 27.6. The van der Waals surface area contributed by atoms with Crippen molar-refractivity contribution in [3.63, 3.8) is 0 Å². The predicted octanol–water partition coefficient (Wildman–Crippen LogP) is 3.87. The van der Waals surface area contributed by atoms with Crippen LogP contribution in [-0.4, -0.2) is 15.3 Å². The van der Waals surface area contributed by atoms with Gasteiger partial charge in [0.2, 0.25) is 0 Å². The fraction of sp³-hybridized carbons (Fsp3) is 0.812. The van der Waals surface area contributed by atoms with Gasteiger partial charge in [0.1, 0.15) is 0 Å². The number of halogens is 1. The first-order chi connectivity index (χ1) is 9.49. The molecule has 0 saturated heterocycles. The number of rotatable bonds is 4. The number of aromatic nitrogens is 2. The van der Waals surface area contributed by atoms with E-state index in [1.807, 2.05) is 11.7 Å². The summed E-state index contributed by atoms with van der Waals surface area (Å²) < 4.78 is 1.93. The van der Waals surface area contributed by atoms with E-state index in [4.69, 9.17) is 17.3 Å². The third kappa shape index (κ3) is 3.37. The van der Waals surface area contributed by atoms with E-state index in [2.05, 4.69) is 18.9 Å². The number of hydrogen-bond acceptors (Lipinski definition) is 2. The van der Waals surface area contributed by atoms with Crippen LogP contribution >= 0.6 is 11.6 Å². The number of nitrogens with zero attached hydrogens (tertiary/aromatic N) is 2. The number of aryl methyl sites for hydroxylation is 2.